The molecule has 0 fully saturated rings. The Morgan fingerprint density at radius 3 is 2.11 bits per heavy atom. The molecule has 0 bridgehead atoms. The second-order valence-electron chi connectivity index (χ2n) is 5.91. The average molecular weight is 263 g/mol. The standard InChI is InChI=1S/C16H29N3/c1-7-8-16-18-13(5)15(14(6)19-16)9-12(4)10-17-11(2)3/h11-12,17H,7-10H2,1-6H3. The van der Waals surface area contributed by atoms with Crippen molar-refractivity contribution < 1.29 is 0 Å². The lowest BCUT2D eigenvalue weighted by Gasteiger charge is -2.17. The zero-order valence-electron chi connectivity index (χ0n) is 13.4. The van der Waals surface area contributed by atoms with Gasteiger partial charge in [0.25, 0.3) is 0 Å². The van der Waals surface area contributed by atoms with E-state index in [0.717, 1.165) is 43.0 Å². The molecule has 0 saturated heterocycles. The molecule has 0 saturated carbocycles. The quantitative estimate of drug-likeness (QED) is 0.821. The third-order valence-electron chi connectivity index (χ3n) is 3.37. The van der Waals surface area contributed by atoms with Crippen LogP contribution < -0.4 is 5.32 Å². The van der Waals surface area contributed by atoms with Gasteiger partial charge in [0.1, 0.15) is 5.82 Å². The molecule has 1 N–H and O–H groups in total. The van der Waals surface area contributed by atoms with Gasteiger partial charge in [0.2, 0.25) is 0 Å². The molecule has 0 aliphatic carbocycles. The second-order valence-corrected chi connectivity index (χ2v) is 5.91. The number of aryl methyl sites for hydroxylation is 3. The third-order valence-corrected chi connectivity index (χ3v) is 3.37. The monoisotopic (exact) mass is 263 g/mol. The summed E-state index contributed by atoms with van der Waals surface area (Å²) in [5, 5.41) is 3.50. The van der Waals surface area contributed by atoms with Crippen molar-refractivity contribution in [2.24, 2.45) is 5.92 Å². The minimum absolute atomic E-state index is 0.549. The Bertz CT molecular complexity index is 376. The molecule has 0 radical (unpaired) electrons. The van der Waals surface area contributed by atoms with Crippen molar-refractivity contribution in [2.45, 2.75) is 66.8 Å². The summed E-state index contributed by atoms with van der Waals surface area (Å²) in [6.07, 6.45) is 3.14. The fraction of sp³-hybridized carbons (Fsp3) is 0.750. The van der Waals surface area contributed by atoms with E-state index in [1.165, 1.54) is 5.56 Å². The van der Waals surface area contributed by atoms with Crippen LogP contribution in [0.15, 0.2) is 0 Å². The van der Waals surface area contributed by atoms with Crippen LogP contribution in [0.4, 0.5) is 0 Å². The summed E-state index contributed by atoms with van der Waals surface area (Å²) in [5.74, 6) is 1.61. The molecule has 1 rings (SSSR count). The number of rotatable bonds is 7. The topological polar surface area (TPSA) is 37.8 Å². The predicted molar refractivity (Wildman–Crippen MR) is 81.5 cm³/mol. The molecule has 3 nitrogen and oxygen atoms in total. The Balaban J connectivity index is 2.72. The van der Waals surface area contributed by atoms with Gasteiger partial charge in [-0.25, -0.2) is 9.97 Å². The van der Waals surface area contributed by atoms with E-state index in [-0.39, 0.29) is 0 Å². The third kappa shape index (κ3) is 5.27. The van der Waals surface area contributed by atoms with E-state index in [4.69, 9.17) is 0 Å². The second kappa shape index (κ2) is 7.59. The Morgan fingerprint density at radius 1 is 1.05 bits per heavy atom. The van der Waals surface area contributed by atoms with Gasteiger partial charge in [-0.3, -0.25) is 0 Å². The highest BCUT2D eigenvalue weighted by Gasteiger charge is 2.12. The van der Waals surface area contributed by atoms with Crippen molar-refractivity contribution in [3.63, 3.8) is 0 Å². The molecule has 3 heteroatoms. The van der Waals surface area contributed by atoms with Gasteiger partial charge in [-0.2, -0.15) is 0 Å². The van der Waals surface area contributed by atoms with E-state index < -0.39 is 0 Å². The zero-order valence-corrected chi connectivity index (χ0v) is 13.4. The van der Waals surface area contributed by atoms with Crippen LogP contribution in [-0.2, 0) is 12.8 Å². The molecule has 19 heavy (non-hydrogen) atoms. The summed E-state index contributed by atoms with van der Waals surface area (Å²) in [7, 11) is 0. The van der Waals surface area contributed by atoms with Crippen LogP contribution in [0.3, 0.4) is 0 Å². The molecule has 1 aromatic rings. The SMILES string of the molecule is CCCc1nc(C)c(CC(C)CNC(C)C)c(C)n1. The summed E-state index contributed by atoms with van der Waals surface area (Å²) in [6, 6.07) is 0.549. The summed E-state index contributed by atoms with van der Waals surface area (Å²) >= 11 is 0. The normalized spacial score (nSPS) is 13.0. The number of aromatic nitrogens is 2. The molecule has 0 amide bonds. The Kier molecular flexibility index (Phi) is 6.43. The molecule has 0 aliphatic rings. The highest BCUT2D eigenvalue weighted by molar-refractivity contribution is 5.25. The first-order chi connectivity index (χ1) is 8.93. The van der Waals surface area contributed by atoms with Crippen molar-refractivity contribution in [3.05, 3.63) is 22.8 Å². The fourth-order valence-corrected chi connectivity index (χ4v) is 2.30. The lowest BCUT2D eigenvalue weighted by Crippen LogP contribution is -2.29. The van der Waals surface area contributed by atoms with Crippen molar-refractivity contribution in [2.75, 3.05) is 6.54 Å². The van der Waals surface area contributed by atoms with Gasteiger partial charge >= 0.3 is 0 Å². The smallest absolute Gasteiger partial charge is 0.128 e. The average Bonchev–Trinajstić information content (AvgIpc) is 2.31. The zero-order chi connectivity index (χ0) is 14.4. The number of nitrogens with zero attached hydrogens (tertiary/aromatic N) is 2. The Labute approximate surface area is 118 Å². The van der Waals surface area contributed by atoms with Crippen LogP contribution in [0, 0.1) is 19.8 Å². The first-order valence-corrected chi connectivity index (χ1v) is 7.50. The van der Waals surface area contributed by atoms with Crippen molar-refractivity contribution in [1.82, 2.24) is 15.3 Å². The van der Waals surface area contributed by atoms with Gasteiger partial charge in [-0.1, -0.05) is 27.7 Å². The van der Waals surface area contributed by atoms with E-state index in [2.05, 4.69) is 56.8 Å². The van der Waals surface area contributed by atoms with Gasteiger partial charge in [0, 0.05) is 23.9 Å². The van der Waals surface area contributed by atoms with E-state index in [1.54, 1.807) is 0 Å². The van der Waals surface area contributed by atoms with Gasteiger partial charge in [-0.05, 0) is 44.7 Å². The molecule has 0 aromatic carbocycles. The maximum atomic E-state index is 4.64. The lowest BCUT2D eigenvalue weighted by atomic mass is 9.98. The molecular formula is C16H29N3. The molecule has 0 spiro atoms. The van der Waals surface area contributed by atoms with Crippen LogP contribution in [0.2, 0.25) is 0 Å². The van der Waals surface area contributed by atoms with Crippen molar-refractivity contribution in [3.8, 4) is 0 Å². The van der Waals surface area contributed by atoms with Crippen LogP contribution in [0.25, 0.3) is 0 Å². The van der Waals surface area contributed by atoms with Gasteiger partial charge in [-0.15, -0.1) is 0 Å². The maximum absolute atomic E-state index is 4.64. The molecule has 1 unspecified atom stereocenters. The first kappa shape index (κ1) is 16.1. The maximum Gasteiger partial charge on any atom is 0.128 e. The Morgan fingerprint density at radius 2 is 1.63 bits per heavy atom. The van der Waals surface area contributed by atoms with Crippen molar-refractivity contribution >= 4 is 0 Å². The fourth-order valence-electron chi connectivity index (χ4n) is 2.30. The first-order valence-electron chi connectivity index (χ1n) is 7.50. The highest BCUT2D eigenvalue weighted by atomic mass is 14.9. The molecular weight excluding hydrogens is 234 g/mol. The van der Waals surface area contributed by atoms with Gasteiger partial charge in [0.05, 0.1) is 0 Å². The minimum Gasteiger partial charge on any atom is -0.314 e. The summed E-state index contributed by atoms with van der Waals surface area (Å²) in [6.45, 7) is 14.1. The van der Waals surface area contributed by atoms with E-state index in [0.29, 0.717) is 12.0 Å². The summed E-state index contributed by atoms with van der Waals surface area (Å²) in [5.41, 5.74) is 3.65. The lowest BCUT2D eigenvalue weighted by molar-refractivity contribution is 0.473. The van der Waals surface area contributed by atoms with Gasteiger partial charge < -0.3 is 5.32 Å². The van der Waals surface area contributed by atoms with Crippen LogP contribution >= 0.6 is 0 Å². The van der Waals surface area contributed by atoms with E-state index in [1.807, 2.05) is 0 Å². The minimum atomic E-state index is 0.549. The van der Waals surface area contributed by atoms with Gasteiger partial charge in [0.15, 0.2) is 0 Å². The van der Waals surface area contributed by atoms with Crippen LogP contribution in [-0.4, -0.2) is 22.6 Å². The number of hydrogen-bond acceptors (Lipinski definition) is 3. The molecule has 0 aliphatic heterocycles. The summed E-state index contributed by atoms with van der Waals surface area (Å²) < 4.78 is 0. The summed E-state index contributed by atoms with van der Waals surface area (Å²) in [4.78, 5) is 9.28. The number of hydrogen-bond donors (Lipinski definition) is 1. The molecule has 1 heterocycles. The molecule has 1 aromatic heterocycles. The largest absolute Gasteiger partial charge is 0.314 e. The molecule has 1 atom stereocenters. The van der Waals surface area contributed by atoms with E-state index >= 15 is 0 Å². The molecule has 108 valence electrons. The Hall–Kier alpha value is -0.960. The van der Waals surface area contributed by atoms with Crippen LogP contribution in [0.5, 0.6) is 0 Å². The predicted octanol–water partition coefficient (Wildman–Crippen LogP) is 3.22. The highest BCUT2D eigenvalue weighted by Crippen LogP contribution is 2.16. The van der Waals surface area contributed by atoms with E-state index in [9.17, 15) is 0 Å². The van der Waals surface area contributed by atoms with Crippen molar-refractivity contribution in [1.29, 1.82) is 0 Å². The number of nitrogens with one attached hydrogen (secondary N) is 1. The van der Waals surface area contributed by atoms with Crippen LogP contribution in [0.1, 0.15) is 56.9 Å².